The number of carbonyl (C=O) groups is 2. The molecule has 0 heterocycles. The SMILES string of the molecule is CC(=O)O[C@H]1C[C@@]2(C)[C@@H](C[C@@H](O)[C@@H]3[C@@]4(C)CC[C@@H](O)[C@@H](C)C4CC[C@@]32C)/C1=C(\CCC=C(C)C)C(=O)[O-]. The minimum Gasteiger partial charge on any atom is -0.545 e. The van der Waals surface area contributed by atoms with E-state index >= 15 is 0 Å². The second kappa shape index (κ2) is 9.82. The highest BCUT2D eigenvalue weighted by atomic mass is 16.5. The molecule has 0 aliphatic heterocycles. The van der Waals surface area contributed by atoms with Gasteiger partial charge in [0.2, 0.25) is 0 Å². The Balaban J connectivity index is 1.82. The molecule has 1 unspecified atom stereocenters. The first-order valence-corrected chi connectivity index (χ1v) is 14.3. The van der Waals surface area contributed by atoms with E-state index in [-0.39, 0.29) is 45.7 Å². The highest BCUT2D eigenvalue weighted by Gasteiger charge is 2.70. The van der Waals surface area contributed by atoms with Crippen molar-refractivity contribution < 1.29 is 29.6 Å². The van der Waals surface area contributed by atoms with Gasteiger partial charge in [0.05, 0.1) is 18.2 Å². The Morgan fingerprint density at radius 2 is 1.73 bits per heavy atom. The van der Waals surface area contributed by atoms with Gasteiger partial charge in [-0.05, 0) is 116 Å². The van der Waals surface area contributed by atoms with Crippen molar-refractivity contribution >= 4 is 11.9 Å². The molecule has 6 heteroatoms. The number of carbonyl (C=O) groups excluding carboxylic acids is 2. The van der Waals surface area contributed by atoms with Crippen LogP contribution in [0.2, 0.25) is 0 Å². The number of allylic oxidation sites excluding steroid dienone is 2. The lowest BCUT2D eigenvalue weighted by Crippen LogP contribution is -2.65. The second-order valence-corrected chi connectivity index (χ2v) is 13.6. The molecular formula is C31H47O6-. The Morgan fingerprint density at radius 3 is 2.32 bits per heavy atom. The Kier molecular flexibility index (Phi) is 7.53. The van der Waals surface area contributed by atoms with Crippen molar-refractivity contribution in [3.8, 4) is 0 Å². The van der Waals surface area contributed by atoms with Crippen LogP contribution in [-0.4, -0.2) is 40.5 Å². The molecule has 0 amide bonds. The van der Waals surface area contributed by atoms with E-state index in [9.17, 15) is 24.9 Å². The van der Waals surface area contributed by atoms with Gasteiger partial charge in [0, 0.05) is 6.92 Å². The zero-order valence-electron chi connectivity index (χ0n) is 23.8. The third-order valence-corrected chi connectivity index (χ3v) is 11.6. The number of aliphatic hydroxyl groups is 2. The first kappa shape index (κ1) is 28.4. The summed E-state index contributed by atoms with van der Waals surface area (Å²) >= 11 is 0. The van der Waals surface area contributed by atoms with Gasteiger partial charge in [0.25, 0.3) is 0 Å². The van der Waals surface area contributed by atoms with Gasteiger partial charge in [-0.2, -0.15) is 0 Å². The van der Waals surface area contributed by atoms with Crippen LogP contribution in [0.1, 0.15) is 99.8 Å². The maximum absolute atomic E-state index is 12.5. The molecule has 0 saturated heterocycles. The minimum absolute atomic E-state index is 0.0318. The number of hydrogen-bond acceptors (Lipinski definition) is 6. The van der Waals surface area contributed by atoms with E-state index in [2.05, 4.69) is 27.7 Å². The van der Waals surface area contributed by atoms with Crippen LogP contribution < -0.4 is 5.11 Å². The predicted molar refractivity (Wildman–Crippen MR) is 140 cm³/mol. The quantitative estimate of drug-likeness (QED) is 0.321. The van der Waals surface area contributed by atoms with Crippen molar-refractivity contribution in [3.05, 3.63) is 22.8 Å². The topological polar surface area (TPSA) is 107 Å². The Morgan fingerprint density at radius 1 is 1.05 bits per heavy atom. The number of carboxylic acids is 1. The molecule has 0 radical (unpaired) electrons. The molecule has 4 fully saturated rings. The molecule has 2 N–H and O–H groups in total. The van der Waals surface area contributed by atoms with Gasteiger partial charge >= 0.3 is 5.97 Å². The molecule has 6 nitrogen and oxygen atoms in total. The van der Waals surface area contributed by atoms with Gasteiger partial charge in [0.1, 0.15) is 6.10 Å². The zero-order valence-corrected chi connectivity index (χ0v) is 23.8. The number of aliphatic carboxylic acids is 1. The van der Waals surface area contributed by atoms with Crippen molar-refractivity contribution in [2.45, 2.75) is 118 Å². The Bertz CT molecular complexity index is 994. The molecule has 208 valence electrons. The highest BCUT2D eigenvalue weighted by molar-refractivity contribution is 5.86. The molecule has 4 rings (SSSR count). The van der Waals surface area contributed by atoms with Gasteiger partial charge in [-0.25, -0.2) is 0 Å². The maximum Gasteiger partial charge on any atom is 0.303 e. The maximum atomic E-state index is 12.5. The van der Waals surface area contributed by atoms with E-state index in [1.807, 2.05) is 19.9 Å². The average molecular weight is 516 g/mol. The number of esters is 1. The summed E-state index contributed by atoms with van der Waals surface area (Å²) in [6.07, 6.45) is 5.92. The van der Waals surface area contributed by atoms with E-state index in [0.29, 0.717) is 37.2 Å². The third-order valence-electron chi connectivity index (χ3n) is 11.6. The van der Waals surface area contributed by atoms with E-state index < -0.39 is 24.1 Å². The molecule has 4 aliphatic carbocycles. The summed E-state index contributed by atoms with van der Waals surface area (Å²) in [5, 5.41) is 35.0. The number of hydrogen-bond donors (Lipinski definition) is 2. The van der Waals surface area contributed by atoms with Crippen LogP contribution in [0.4, 0.5) is 0 Å². The number of fused-ring (bicyclic) bond motifs is 5. The molecule has 0 bridgehead atoms. The summed E-state index contributed by atoms with van der Waals surface area (Å²) in [4.78, 5) is 24.7. The molecule has 0 aromatic rings. The Labute approximate surface area is 222 Å². The van der Waals surface area contributed by atoms with Crippen LogP contribution in [0.3, 0.4) is 0 Å². The van der Waals surface area contributed by atoms with E-state index in [4.69, 9.17) is 4.74 Å². The molecule has 4 saturated carbocycles. The summed E-state index contributed by atoms with van der Waals surface area (Å²) < 4.78 is 5.84. The standard InChI is InChI=1S/C31H48O6/c1-17(2)9-8-10-20(28(35)36)26-22-15-24(34)27-29(5)13-12-23(33)18(3)21(29)11-14-30(27,6)31(22,7)16-25(26)37-19(4)32/h9,18,21-25,27,33-34H,8,10-16H2,1-7H3,(H,35,36)/p-1/b26-20-/t18-,21?,22-,23+,24+,25-,27+,29-,30-,31-/m0/s1. The van der Waals surface area contributed by atoms with Crippen LogP contribution in [0.15, 0.2) is 22.8 Å². The van der Waals surface area contributed by atoms with Crippen molar-refractivity contribution in [1.82, 2.24) is 0 Å². The smallest absolute Gasteiger partial charge is 0.303 e. The van der Waals surface area contributed by atoms with Crippen LogP contribution in [-0.2, 0) is 14.3 Å². The fourth-order valence-corrected chi connectivity index (χ4v) is 9.78. The van der Waals surface area contributed by atoms with Gasteiger partial charge < -0.3 is 24.9 Å². The normalized spacial score (nSPS) is 46.2. The van der Waals surface area contributed by atoms with E-state index in [0.717, 1.165) is 31.3 Å². The number of ether oxygens (including phenoxy) is 1. The molecule has 37 heavy (non-hydrogen) atoms. The minimum atomic E-state index is -1.20. The third kappa shape index (κ3) is 4.40. The highest BCUT2D eigenvalue weighted by Crippen LogP contribution is 2.74. The van der Waals surface area contributed by atoms with Crippen molar-refractivity contribution in [1.29, 1.82) is 0 Å². The fourth-order valence-electron chi connectivity index (χ4n) is 9.78. The van der Waals surface area contributed by atoms with Crippen LogP contribution >= 0.6 is 0 Å². The molecule has 10 atom stereocenters. The summed E-state index contributed by atoms with van der Waals surface area (Å²) in [6.45, 7) is 14.4. The first-order valence-electron chi connectivity index (χ1n) is 14.3. The number of aliphatic hydroxyl groups excluding tert-OH is 2. The van der Waals surface area contributed by atoms with Crippen LogP contribution in [0.25, 0.3) is 0 Å². The Hall–Kier alpha value is -1.66. The zero-order chi connectivity index (χ0) is 27.5. The molecule has 0 spiro atoms. The van der Waals surface area contributed by atoms with Gasteiger partial charge in [0.15, 0.2) is 0 Å². The van der Waals surface area contributed by atoms with Gasteiger partial charge in [-0.1, -0.05) is 39.3 Å². The lowest BCUT2D eigenvalue weighted by atomic mass is 9.36. The predicted octanol–water partition coefficient (Wildman–Crippen LogP) is 4.33. The summed E-state index contributed by atoms with van der Waals surface area (Å²) in [5.41, 5.74) is 1.31. The number of carboxylic acid groups (broad SMARTS) is 1. The lowest BCUT2D eigenvalue weighted by molar-refractivity contribution is -0.299. The van der Waals surface area contributed by atoms with Crippen molar-refractivity contribution in [2.24, 2.45) is 39.9 Å². The first-order chi connectivity index (χ1) is 17.2. The molecule has 4 aliphatic rings. The van der Waals surface area contributed by atoms with Crippen LogP contribution in [0.5, 0.6) is 0 Å². The van der Waals surface area contributed by atoms with Crippen LogP contribution in [0, 0.1) is 39.9 Å². The monoisotopic (exact) mass is 515 g/mol. The summed E-state index contributed by atoms with van der Waals surface area (Å²) in [7, 11) is 0. The lowest BCUT2D eigenvalue weighted by Gasteiger charge is -2.69. The second-order valence-electron chi connectivity index (χ2n) is 13.6. The summed E-state index contributed by atoms with van der Waals surface area (Å²) in [6, 6.07) is 0. The summed E-state index contributed by atoms with van der Waals surface area (Å²) in [5.74, 6) is -1.25. The molecule has 0 aromatic carbocycles. The number of rotatable bonds is 5. The van der Waals surface area contributed by atoms with Crippen molar-refractivity contribution in [2.75, 3.05) is 0 Å². The average Bonchev–Trinajstić information content (AvgIpc) is 3.05. The fraction of sp³-hybridized carbons (Fsp3) is 0.806. The van der Waals surface area contributed by atoms with Gasteiger partial charge in [-0.3, -0.25) is 4.79 Å². The van der Waals surface area contributed by atoms with Gasteiger partial charge in [-0.15, -0.1) is 0 Å². The van der Waals surface area contributed by atoms with Crippen molar-refractivity contribution in [3.63, 3.8) is 0 Å². The van der Waals surface area contributed by atoms with E-state index in [1.165, 1.54) is 6.92 Å². The van der Waals surface area contributed by atoms with E-state index in [1.54, 1.807) is 0 Å². The molecule has 0 aromatic heterocycles. The molecular weight excluding hydrogens is 468 g/mol. The largest absolute Gasteiger partial charge is 0.545 e.